The average molecular weight is 300 g/mol. The molecule has 0 spiro atoms. The largest absolute Gasteiger partial charge is 0.320 e. The monoisotopic (exact) mass is 300 g/mol. The summed E-state index contributed by atoms with van der Waals surface area (Å²) in [5.74, 6) is 0.409. The number of nitrogens with one attached hydrogen (secondary N) is 1. The van der Waals surface area contributed by atoms with E-state index in [0.29, 0.717) is 5.82 Å². The van der Waals surface area contributed by atoms with Crippen LogP contribution >= 0.6 is 0 Å². The molecule has 1 amide bonds. The third-order valence-corrected chi connectivity index (χ3v) is 3.39. The molecule has 0 bridgehead atoms. The van der Waals surface area contributed by atoms with Gasteiger partial charge in [0.05, 0.1) is 17.4 Å². The first-order chi connectivity index (χ1) is 10.2. The third kappa shape index (κ3) is 3.54. The zero-order valence-electron chi connectivity index (χ0n) is 13.8. The molecule has 0 fully saturated rings. The molecular weight excluding hydrogens is 276 g/mol. The van der Waals surface area contributed by atoms with E-state index in [1.54, 1.807) is 11.6 Å². The molecule has 0 unspecified atom stereocenters. The van der Waals surface area contributed by atoms with E-state index in [9.17, 15) is 4.79 Å². The van der Waals surface area contributed by atoms with Crippen LogP contribution in [-0.2, 0) is 10.2 Å². The number of carbonyl (C=O) groups excluding carboxylic acids is 1. The van der Waals surface area contributed by atoms with Gasteiger partial charge < -0.3 is 11.1 Å². The van der Waals surface area contributed by atoms with Gasteiger partial charge >= 0.3 is 0 Å². The predicted octanol–water partition coefficient (Wildman–Crippen LogP) is 2.76. The summed E-state index contributed by atoms with van der Waals surface area (Å²) in [5.41, 5.74) is 8.50. The maximum atomic E-state index is 11.9. The normalized spacial score (nSPS) is 13.0. The van der Waals surface area contributed by atoms with Crippen molar-refractivity contribution in [2.45, 2.75) is 46.1 Å². The number of anilines is 1. The van der Waals surface area contributed by atoms with Crippen LogP contribution < -0.4 is 11.1 Å². The predicted molar refractivity (Wildman–Crippen MR) is 89.3 cm³/mol. The maximum Gasteiger partial charge on any atom is 0.242 e. The van der Waals surface area contributed by atoms with E-state index < -0.39 is 6.04 Å². The van der Waals surface area contributed by atoms with E-state index in [4.69, 9.17) is 5.73 Å². The van der Waals surface area contributed by atoms with Crippen LogP contribution in [0.1, 0.15) is 39.0 Å². The molecule has 1 aromatic heterocycles. The molecule has 118 valence electrons. The highest BCUT2D eigenvalue weighted by molar-refractivity contribution is 5.94. The van der Waals surface area contributed by atoms with Gasteiger partial charge in [-0.05, 0) is 31.5 Å². The summed E-state index contributed by atoms with van der Waals surface area (Å²) in [6.07, 6.45) is 0. The molecule has 0 saturated carbocycles. The second-order valence-corrected chi connectivity index (χ2v) is 6.69. The molecule has 2 aromatic rings. The van der Waals surface area contributed by atoms with Gasteiger partial charge in [-0.3, -0.25) is 4.79 Å². The minimum atomic E-state index is -0.570. The van der Waals surface area contributed by atoms with Crippen LogP contribution in [-0.4, -0.2) is 21.7 Å². The van der Waals surface area contributed by atoms with E-state index in [1.807, 2.05) is 37.3 Å². The fourth-order valence-corrected chi connectivity index (χ4v) is 2.03. The highest BCUT2D eigenvalue weighted by atomic mass is 16.2. The van der Waals surface area contributed by atoms with E-state index in [0.717, 1.165) is 16.9 Å². The summed E-state index contributed by atoms with van der Waals surface area (Å²) in [7, 11) is 0. The van der Waals surface area contributed by atoms with Gasteiger partial charge in [0.1, 0.15) is 5.82 Å². The summed E-state index contributed by atoms with van der Waals surface area (Å²) in [4.78, 5) is 11.9. The fourth-order valence-electron chi connectivity index (χ4n) is 2.03. The van der Waals surface area contributed by atoms with Gasteiger partial charge in [0.25, 0.3) is 0 Å². The maximum absolute atomic E-state index is 11.9. The first kappa shape index (κ1) is 16.2. The summed E-state index contributed by atoms with van der Waals surface area (Å²) in [6, 6.07) is 9.33. The Bertz CT molecular complexity index is 680. The Hall–Kier alpha value is -2.14. The molecule has 5 nitrogen and oxygen atoms in total. The average Bonchev–Trinajstić information content (AvgIpc) is 2.82. The molecule has 1 heterocycles. The van der Waals surface area contributed by atoms with Crippen LogP contribution in [0.3, 0.4) is 0 Å². The fraction of sp³-hybridized carbons (Fsp3) is 0.412. The summed E-state index contributed by atoms with van der Waals surface area (Å²) >= 11 is 0. The SMILES string of the molecule is Cc1cccc(-n2nc(C(C)(C)C)cc2NC(=O)[C@H](C)N)c1. The van der Waals surface area contributed by atoms with Crippen molar-refractivity contribution in [1.29, 1.82) is 0 Å². The molecule has 0 aliphatic heterocycles. The number of carbonyl (C=O) groups is 1. The number of nitrogens with two attached hydrogens (primary N) is 1. The van der Waals surface area contributed by atoms with E-state index in [1.165, 1.54) is 0 Å². The van der Waals surface area contributed by atoms with E-state index >= 15 is 0 Å². The molecule has 1 atom stereocenters. The zero-order chi connectivity index (χ0) is 16.5. The Morgan fingerprint density at radius 2 is 2.00 bits per heavy atom. The van der Waals surface area contributed by atoms with Crippen molar-refractivity contribution < 1.29 is 4.79 Å². The van der Waals surface area contributed by atoms with Crippen molar-refractivity contribution in [3.63, 3.8) is 0 Å². The topological polar surface area (TPSA) is 72.9 Å². The summed E-state index contributed by atoms with van der Waals surface area (Å²) in [5, 5.41) is 7.52. The van der Waals surface area contributed by atoms with Crippen molar-refractivity contribution in [3.05, 3.63) is 41.6 Å². The van der Waals surface area contributed by atoms with Crippen molar-refractivity contribution in [1.82, 2.24) is 9.78 Å². The number of aromatic nitrogens is 2. The first-order valence-corrected chi connectivity index (χ1v) is 7.42. The summed E-state index contributed by atoms with van der Waals surface area (Å²) < 4.78 is 1.76. The molecule has 3 N–H and O–H groups in total. The highest BCUT2D eigenvalue weighted by Crippen LogP contribution is 2.26. The molecule has 0 saturated heterocycles. The standard InChI is InChI=1S/C17H24N4O/c1-11-7-6-8-13(9-11)21-15(19-16(22)12(2)18)10-14(20-21)17(3,4)5/h6-10,12H,18H2,1-5H3,(H,19,22)/t12-/m0/s1. The van der Waals surface area contributed by atoms with Gasteiger partial charge in [0.15, 0.2) is 0 Å². The Balaban J connectivity index is 2.50. The number of hydrogen-bond acceptors (Lipinski definition) is 3. The third-order valence-electron chi connectivity index (χ3n) is 3.39. The minimum Gasteiger partial charge on any atom is -0.320 e. The number of nitrogens with zero attached hydrogens (tertiary/aromatic N) is 2. The smallest absolute Gasteiger partial charge is 0.242 e. The Morgan fingerprint density at radius 1 is 1.32 bits per heavy atom. The van der Waals surface area contributed by atoms with Crippen molar-refractivity contribution in [3.8, 4) is 5.69 Å². The number of aryl methyl sites for hydroxylation is 1. The van der Waals surface area contributed by atoms with Gasteiger partial charge in [-0.1, -0.05) is 32.9 Å². The lowest BCUT2D eigenvalue weighted by Gasteiger charge is -2.14. The second kappa shape index (κ2) is 5.93. The number of benzene rings is 1. The van der Waals surface area contributed by atoms with Gasteiger partial charge in [-0.15, -0.1) is 0 Å². The second-order valence-electron chi connectivity index (χ2n) is 6.69. The number of hydrogen-bond donors (Lipinski definition) is 2. The first-order valence-electron chi connectivity index (χ1n) is 7.42. The van der Waals surface area contributed by atoms with Crippen LogP contribution in [0.25, 0.3) is 5.69 Å². The lowest BCUT2D eigenvalue weighted by molar-refractivity contribution is -0.117. The molecule has 0 aliphatic carbocycles. The van der Waals surface area contributed by atoms with E-state index in [-0.39, 0.29) is 11.3 Å². The Kier molecular flexibility index (Phi) is 4.37. The Labute approximate surface area is 131 Å². The highest BCUT2D eigenvalue weighted by Gasteiger charge is 2.22. The molecule has 5 heteroatoms. The lowest BCUT2D eigenvalue weighted by Crippen LogP contribution is -2.33. The van der Waals surface area contributed by atoms with Crippen LogP contribution in [0.2, 0.25) is 0 Å². The van der Waals surface area contributed by atoms with Gasteiger partial charge in [-0.25, -0.2) is 4.68 Å². The number of amides is 1. The van der Waals surface area contributed by atoms with Gasteiger partial charge in [0.2, 0.25) is 5.91 Å². The van der Waals surface area contributed by atoms with Gasteiger partial charge in [-0.2, -0.15) is 5.10 Å². The Morgan fingerprint density at radius 3 is 2.55 bits per heavy atom. The molecule has 2 rings (SSSR count). The van der Waals surface area contributed by atoms with Crippen LogP contribution in [0.15, 0.2) is 30.3 Å². The summed E-state index contributed by atoms with van der Waals surface area (Å²) in [6.45, 7) is 9.96. The zero-order valence-corrected chi connectivity index (χ0v) is 13.8. The molecular formula is C17H24N4O. The molecule has 0 radical (unpaired) electrons. The molecule has 1 aromatic carbocycles. The van der Waals surface area contributed by atoms with Crippen molar-refractivity contribution in [2.24, 2.45) is 5.73 Å². The lowest BCUT2D eigenvalue weighted by atomic mass is 9.92. The quantitative estimate of drug-likeness (QED) is 0.915. The van der Waals surface area contributed by atoms with Gasteiger partial charge in [0, 0.05) is 11.5 Å². The van der Waals surface area contributed by atoms with Crippen LogP contribution in [0.5, 0.6) is 0 Å². The van der Waals surface area contributed by atoms with E-state index in [2.05, 4.69) is 31.2 Å². The number of rotatable bonds is 3. The molecule has 0 aliphatic rings. The van der Waals surface area contributed by atoms with Crippen molar-refractivity contribution >= 4 is 11.7 Å². The minimum absolute atomic E-state index is 0.108. The van der Waals surface area contributed by atoms with Crippen LogP contribution in [0.4, 0.5) is 5.82 Å². The molecule has 22 heavy (non-hydrogen) atoms. The van der Waals surface area contributed by atoms with Crippen LogP contribution in [0, 0.1) is 6.92 Å². The van der Waals surface area contributed by atoms with Crippen molar-refractivity contribution in [2.75, 3.05) is 5.32 Å².